The van der Waals surface area contributed by atoms with Crippen molar-refractivity contribution in [3.8, 4) is 11.8 Å². The van der Waals surface area contributed by atoms with Gasteiger partial charge in [0.15, 0.2) is 0 Å². The second-order valence-electron chi connectivity index (χ2n) is 5.43. The average molecular weight is 328 g/mol. The maximum Gasteiger partial charge on any atom is 0.311 e. The first-order valence-corrected chi connectivity index (χ1v) is 8.31. The van der Waals surface area contributed by atoms with Crippen molar-refractivity contribution in [1.82, 2.24) is 5.32 Å². The van der Waals surface area contributed by atoms with E-state index in [0.29, 0.717) is 24.3 Å². The Labute approximate surface area is 143 Å². The molecular formula is C19H24N2O3. The van der Waals surface area contributed by atoms with Crippen LogP contribution in [0, 0.1) is 11.3 Å². The van der Waals surface area contributed by atoms with Crippen molar-refractivity contribution in [3.05, 3.63) is 35.4 Å². The van der Waals surface area contributed by atoms with Crippen molar-refractivity contribution in [3.63, 3.8) is 0 Å². The molecule has 1 aromatic rings. The number of carbonyl (C=O) groups is 2. The van der Waals surface area contributed by atoms with E-state index >= 15 is 0 Å². The smallest absolute Gasteiger partial charge is 0.311 e. The molecule has 1 rings (SSSR count). The van der Waals surface area contributed by atoms with Gasteiger partial charge in [0.2, 0.25) is 0 Å². The molecule has 0 aromatic heterocycles. The number of hydrogen-bond acceptors (Lipinski definition) is 4. The van der Waals surface area contributed by atoms with Crippen LogP contribution in [0.3, 0.4) is 0 Å². The van der Waals surface area contributed by atoms with Crippen molar-refractivity contribution in [2.45, 2.75) is 46.0 Å². The zero-order valence-electron chi connectivity index (χ0n) is 14.3. The number of unbranched alkanes of at least 4 members (excludes halogenated alkanes) is 2. The summed E-state index contributed by atoms with van der Waals surface area (Å²) < 4.78 is 5.21. The van der Waals surface area contributed by atoms with Gasteiger partial charge in [-0.2, -0.15) is 5.26 Å². The fourth-order valence-corrected chi connectivity index (χ4v) is 1.92. The SMILES string of the molecule is CCCCNC(=O)/C(C#N)=C/c1ccc(OC(=O)CCCC)cc1. The normalized spacial score (nSPS) is 10.8. The van der Waals surface area contributed by atoms with E-state index in [-0.39, 0.29) is 17.4 Å². The van der Waals surface area contributed by atoms with Crippen molar-refractivity contribution in [1.29, 1.82) is 5.26 Å². The number of nitriles is 1. The lowest BCUT2D eigenvalue weighted by molar-refractivity contribution is -0.134. The highest BCUT2D eigenvalue weighted by Crippen LogP contribution is 2.15. The van der Waals surface area contributed by atoms with Crippen LogP contribution in [0.2, 0.25) is 0 Å². The maximum absolute atomic E-state index is 11.9. The Kier molecular flexibility index (Phi) is 8.91. The minimum absolute atomic E-state index is 0.0544. The van der Waals surface area contributed by atoms with Crippen LogP contribution in [0.4, 0.5) is 0 Å². The number of hydrogen-bond donors (Lipinski definition) is 1. The first kappa shape index (κ1) is 19.4. The number of nitrogens with one attached hydrogen (secondary N) is 1. The molecule has 0 unspecified atom stereocenters. The zero-order valence-corrected chi connectivity index (χ0v) is 14.3. The summed E-state index contributed by atoms with van der Waals surface area (Å²) in [5.74, 6) is -0.173. The summed E-state index contributed by atoms with van der Waals surface area (Å²) in [6, 6.07) is 8.63. The molecule has 24 heavy (non-hydrogen) atoms. The van der Waals surface area contributed by atoms with E-state index in [2.05, 4.69) is 5.32 Å². The first-order chi connectivity index (χ1) is 11.6. The molecule has 0 saturated carbocycles. The number of ether oxygens (including phenoxy) is 1. The molecule has 0 spiro atoms. The van der Waals surface area contributed by atoms with E-state index in [1.54, 1.807) is 24.3 Å². The summed E-state index contributed by atoms with van der Waals surface area (Å²) in [5.41, 5.74) is 0.754. The largest absolute Gasteiger partial charge is 0.427 e. The van der Waals surface area contributed by atoms with E-state index in [9.17, 15) is 9.59 Å². The van der Waals surface area contributed by atoms with E-state index in [0.717, 1.165) is 25.7 Å². The number of nitrogens with zero attached hydrogens (tertiary/aromatic N) is 1. The summed E-state index contributed by atoms with van der Waals surface area (Å²) in [7, 11) is 0. The molecule has 0 heterocycles. The molecule has 0 fully saturated rings. The molecule has 0 aliphatic heterocycles. The van der Waals surface area contributed by atoms with Crippen LogP contribution in [0.5, 0.6) is 5.75 Å². The molecule has 5 heteroatoms. The monoisotopic (exact) mass is 328 g/mol. The van der Waals surface area contributed by atoms with Crippen LogP contribution >= 0.6 is 0 Å². The van der Waals surface area contributed by atoms with Crippen molar-refractivity contribution >= 4 is 18.0 Å². The Morgan fingerprint density at radius 1 is 1.17 bits per heavy atom. The van der Waals surface area contributed by atoms with Gasteiger partial charge in [-0.3, -0.25) is 9.59 Å². The molecule has 0 radical (unpaired) electrons. The second kappa shape index (κ2) is 11.0. The minimum atomic E-state index is -0.374. The molecule has 0 bridgehead atoms. The predicted molar refractivity (Wildman–Crippen MR) is 93.1 cm³/mol. The number of amides is 1. The van der Waals surface area contributed by atoms with Crippen LogP contribution < -0.4 is 10.1 Å². The van der Waals surface area contributed by atoms with Crippen molar-refractivity contribution in [2.75, 3.05) is 6.54 Å². The molecule has 0 aliphatic rings. The molecule has 0 aliphatic carbocycles. The van der Waals surface area contributed by atoms with Gasteiger partial charge in [-0.05, 0) is 36.6 Å². The highest BCUT2D eigenvalue weighted by atomic mass is 16.5. The lowest BCUT2D eigenvalue weighted by atomic mass is 10.1. The van der Waals surface area contributed by atoms with Gasteiger partial charge in [0.05, 0.1) is 0 Å². The van der Waals surface area contributed by atoms with E-state index < -0.39 is 0 Å². The molecule has 128 valence electrons. The molecule has 0 atom stereocenters. The Bertz CT molecular complexity index is 612. The topological polar surface area (TPSA) is 79.2 Å². The zero-order chi connectivity index (χ0) is 17.8. The number of benzene rings is 1. The third kappa shape index (κ3) is 7.10. The first-order valence-electron chi connectivity index (χ1n) is 8.31. The van der Waals surface area contributed by atoms with Gasteiger partial charge in [0.1, 0.15) is 17.4 Å². The molecule has 1 N–H and O–H groups in total. The van der Waals surface area contributed by atoms with Gasteiger partial charge in [0, 0.05) is 13.0 Å². The van der Waals surface area contributed by atoms with Crippen molar-refractivity contribution in [2.24, 2.45) is 0 Å². The Balaban J connectivity index is 2.68. The summed E-state index contributed by atoms with van der Waals surface area (Å²) >= 11 is 0. The van der Waals surface area contributed by atoms with Crippen LogP contribution in [0.1, 0.15) is 51.5 Å². The molecule has 1 amide bonds. The van der Waals surface area contributed by atoms with Crippen LogP contribution in [0.15, 0.2) is 29.8 Å². The van der Waals surface area contributed by atoms with Crippen LogP contribution in [0.25, 0.3) is 6.08 Å². The predicted octanol–water partition coefficient (Wildman–Crippen LogP) is 3.61. The molecule has 5 nitrogen and oxygen atoms in total. The average Bonchev–Trinajstić information content (AvgIpc) is 2.59. The summed E-state index contributed by atoms with van der Waals surface area (Å²) in [6.45, 7) is 4.60. The minimum Gasteiger partial charge on any atom is -0.427 e. The summed E-state index contributed by atoms with van der Waals surface area (Å²) in [4.78, 5) is 23.5. The molecule has 1 aromatic carbocycles. The highest BCUT2D eigenvalue weighted by molar-refractivity contribution is 6.01. The van der Waals surface area contributed by atoms with Gasteiger partial charge < -0.3 is 10.1 Å². The number of esters is 1. The number of rotatable bonds is 9. The Morgan fingerprint density at radius 3 is 2.42 bits per heavy atom. The summed E-state index contributed by atoms with van der Waals surface area (Å²) in [6.07, 6.45) is 5.51. The van der Waals surface area contributed by atoms with Crippen molar-refractivity contribution < 1.29 is 14.3 Å². The van der Waals surface area contributed by atoms with E-state index in [4.69, 9.17) is 10.00 Å². The fraction of sp³-hybridized carbons (Fsp3) is 0.421. The second-order valence-corrected chi connectivity index (χ2v) is 5.43. The Morgan fingerprint density at radius 2 is 1.83 bits per heavy atom. The maximum atomic E-state index is 11.9. The van der Waals surface area contributed by atoms with Crippen LogP contribution in [-0.4, -0.2) is 18.4 Å². The highest BCUT2D eigenvalue weighted by Gasteiger charge is 2.08. The summed E-state index contributed by atoms with van der Waals surface area (Å²) in [5, 5.41) is 11.8. The Hall–Kier alpha value is -2.61. The van der Waals surface area contributed by atoms with E-state index in [1.165, 1.54) is 6.08 Å². The quantitative estimate of drug-likeness (QED) is 0.247. The van der Waals surface area contributed by atoms with Gasteiger partial charge >= 0.3 is 5.97 Å². The number of carbonyl (C=O) groups excluding carboxylic acids is 2. The third-order valence-electron chi connectivity index (χ3n) is 3.34. The fourth-order valence-electron chi connectivity index (χ4n) is 1.92. The molecule has 0 saturated heterocycles. The third-order valence-corrected chi connectivity index (χ3v) is 3.34. The van der Waals surface area contributed by atoms with Crippen LogP contribution in [-0.2, 0) is 9.59 Å². The van der Waals surface area contributed by atoms with Gasteiger partial charge in [0.25, 0.3) is 5.91 Å². The lowest BCUT2D eigenvalue weighted by Crippen LogP contribution is -2.25. The lowest BCUT2D eigenvalue weighted by Gasteiger charge is -2.05. The van der Waals surface area contributed by atoms with E-state index in [1.807, 2.05) is 19.9 Å². The van der Waals surface area contributed by atoms with Gasteiger partial charge in [-0.1, -0.05) is 38.8 Å². The molecular weight excluding hydrogens is 304 g/mol. The van der Waals surface area contributed by atoms with Gasteiger partial charge in [-0.15, -0.1) is 0 Å². The standard InChI is InChI=1S/C19H24N2O3/c1-3-5-7-18(22)24-17-10-8-15(9-11-17)13-16(14-20)19(23)21-12-6-4-2/h8-11,13H,3-7,12H2,1-2H3,(H,21,23)/b16-13+. The van der Waals surface area contributed by atoms with Gasteiger partial charge in [-0.25, -0.2) is 0 Å².